The van der Waals surface area contributed by atoms with Gasteiger partial charge in [-0.25, -0.2) is 0 Å². The summed E-state index contributed by atoms with van der Waals surface area (Å²) in [5.41, 5.74) is 1.12. The molecule has 0 spiro atoms. The Morgan fingerprint density at radius 1 is 1.32 bits per heavy atom. The van der Waals surface area contributed by atoms with Crippen LogP contribution in [0.5, 0.6) is 11.5 Å². The van der Waals surface area contributed by atoms with Crippen LogP contribution in [0.15, 0.2) is 23.9 Å². The Hall–Kier alpha value is -3.19. The SMILES string of the molecule is COc1cc(NC=C(C#N)C#N)cc(CCC(=O)O)c1OC. The zero-order valence-corrected chi connectivity index (χ0v) is 12.2. The molecular weight excluding hydrogens is 286 g/mol. The lowest BCUT2D eigenvalue weighted by Crippen LogP contribution is -2.02. The average molecular weight is 301 g/mol. The van der Waals surface area contributed by atoms with Crippen molar-refractivity contribution in [2.24, 2.45) is 0 Å². The number of nitriles is 2. The van der Waals surface area contributed by atoms with Crippen LogP contribution in [0, 0.1) is 22.7 Å². The number of nitrogens with one attached hydrogen (secondary N) is 1. The fourth-order valence-corrected chi connectivity index (χ4v) is 1.80. The quantitative estimate of drug-likeness (QED) is 0.740. The maximum atomic E-state index is 10.7. The molecule has 7 heteroatoms. The first-order chi connectivity index (χ1) is 10.5. The van der Waals surface area contributed by atoms with Gasteiger partial charge >= 0.3 is 5.97 Å². The third-order valence-corrected chi connectivity index (χ3v) is 2.79. The molecule has 2 N–H and O–H groups in total. The second-order valence-corrected chi connectivity index (χ2v) is 4.19. The maximum absolute atomic E-state index is 10.7. The third-order valence-electron chi connectivity index (χ3n) is 2.79. The van der Waals surface area contributed by atoms with E-state index in [2.05, 4.69) is 5.32 Å². The van der Waals surface area contributed by atoms with Gasteiger partial charge in [-0.15, -0.1) is 0 Å². The molecule has 0 heterocycles. The molecule has 0 aromatic heterocycles. The molecule has 0 radical (unpaired) electrons. The Bertz CT molecular complexity index is 653. The zero-order valence-electron chi connectivity index (χ0n) is 12.2. The van der Waals surface area contributed by atoms with Crippen molar-refractivity contribution in [2.45, 2.75) is 12.8 Å². The van der Waals surface area contributed by atoms with E-state index in [1.807, 2.05) is 0 Å². The van der Waals surface area contributed by atoms with E-state index in [0.29, 0.717) is 22.7 Å². The molecule has 0 amide bonds. The molecule has 0 aliphatic heterocycles. The number of carboxylic acids is 1. The first kappa shape index (κ1) is 16.9. The molecule has 0 fully saturated rings. The molecule has 0 saturated heterocycles. The van der Waals surface area contributed by atoms with Gasteiger partial charge in [0.1, 0.15) is 17.7 Å². The van der Waals surface area contributed by atoms with E-state index in [1.165, 1.54) is 20.4 Å². The standard InChI is InChI=1S/C15H15N3O4/c1-21-13-6-12(18-9-10(7-16)8-17)5-11(15(13)22-2)3-4-14(19)20/h5-6,9,18H,3-4H2,1-2H3,(H,19,20). The number of aryl methyl sites for hydroxylation is 1. The molecule has 7 nitrogen and oxygen atoms in total. The predicted octanol–water partition coefficient (Wildman–Crippen LogP) is 2.06. The summed E-state index contributed by atoms with van der Waals surface area (Å²) in [7, 11) is 2.94. The summed E-state index contributed by atoms with van der Waals surface area (Å²) in [5, 5.41) is 29.0. The maximum Gasteiger partial charge on any atom is 0.303 e. The number of hydrogen-bond donors (Lipinski definition) is 2. The number of carboxylic acid groups (broad SMARTS) is 1. The van der Waals surface area contributed by atoms with Crippen molar-refractivity contribution >= 4 is 11.7 Å². The van der Waals surface area contributed by atoms with E-state index < -0.39 is 5.97 Å². The largest absolute Gasteiger partial charge is 0.493 e. The van der Waals surface area contributed by atoms with Crippen molar-refractivity contribution in [1.29, 1.82) is 10.5 Å². The minimum Gasteiger partial charge on any atom is -0.493 e. The summed E-state index contributed by atoms with van der Waals surface area (Å²) in [6.45, 7) is 0. The second-order valence-electron chi connectivity index (χ2n) is 4.19. The first-order valence-corrected chi connectivity index (χ1v) is 6.29. The van der Waals surface area contributed by atoms with E-state index in [1.54, 1.807) is 24.3 Å². The molecule has 22 heavy (non-hydrogen) atoms. The van der Waals surface area contributed by atoms with Crippen LogP contribution in [-0.4, -0.2) is 25.3 Å². The number of hydrogen-bond acceptors (Lipinski definition) is 6. The lowest BCUT2D eigenvalue weighted by molar-refractivity contribution is -0.136. The molecule has 114 valence electrons. The number of rotatable bonds is 7. The molecule has 0 saturated carbocycles. The van der Waals surface area contributed by atoms with E-state index in [0.717, 1.165) is 0 Å². The van der Waals surface area contributed by atoms with Crippen molar-refractivity contribution in [2.75, 3.05) is 19.5 Å². The minimum atomic E-state index is -0.921. The Morgan fingerprint density at radius 2 is 2.00 bits per heavy atom. The fraction of sp³-hybridized carbons (Fsp3) is 0.267. The van der Waals surface area contributed by atoms with Crippen molar-refractivity contribution < 1.29 is 19.4 Å². The van der Waals surface area contributed by atoms with Gasteiger partial charge in [-0.3, -0.25) is 4.79 Å². The fourth-order valence-electron chi connectivity index (χ4n) is 1.80. The molecule has 1 rings (SSSR count). The van der Waals surface area contributed by atoms with Gasteiger partial charge in [0.25, 0.3) is 0 Å². The minimum absolute atomic E-state index is 0.0551. The second kappa shape index (κ2) is 8.18. The summed E-state index contributed by atoms with van der Waals surface area (Å²) in [4.78, 5) is 10.7. The summed E-state index contributed by atoms with van der Waals surface area (Å²) >= 11 is 0. The molecular formula is C15H15N3O4. The van der Waals surface area contributed by atoms with E-state index in [4.69, 9.17) is 25.1 Å². The van der Waals surface area contributed by atoms with Crippen LogP contribution >= 0.6 is 0 Å². The van der Waals surface area contributed by atoms with Crippen LogP contribution in [-0.2, 0) is 11.2 Å². The summed E-state index contributed by atoms with van der Waals surface area (Å²) in [6, 6.07) is 6.78. The monoisotopic (exact) mass is 301 g/mol. The first-order valence-electron chi connectivity index (χ1n) is 6.29. The third kappa shape index (κ3) is 4.43. The van der Waals surface area contributed by atoms with Gasteiger partial charge in [0.2, 0.25) is 0 Å². The molecule has 0 bridgehead atoms. The van der Waals surface area contributed by atoms with Crippen LogP contribution in [0.25, 0.3) is 0 Å². The molecule has 0 unspecified atom stereocenters. The summed E-state index contributed by atoms with van der Waals surface area (Å²) in [5.74, 6) is -0.0358. The van der Waals surface area contributed by atoms with Crippen molar-refractivity contribution in [1.82, 2.24) is 0 Å². The Kier molecular flexibility index (Phi) is 6.27. The molecule has 0 atom stereocenters. The average Bonchev–Trinajstić information content (AvgIpc) is 2.53. The highest BCUT2D eigenvalue weighted by Crippen LogP contribution is 2.35. The van der Waals surface area contributed by atoms with E-state index >= 15 is 0 Å². The highest BCUT2D eigenvalue weighted by Gasteiger charge is 2.13. The van der Waals surface area contributed by atoms with Gasteiger partial charge in [0.15, 0.2) is 11.5 Å². The molecule has 0 aliphatic rings. The van der Waals surface area contributed by atoms with Crippen LogP contribution < -0.4 is 14.8 Å². The van der Waals surface area contributed by atoms with Crippen molar-refractivity contribution in [3.8, 4) is 23.6 Å². The number of anilines is 1. The Morgan fingerprint density at radius 3 is 2.50 bits per heavy atom. The van der Waals surface area contributed by atoms with Gasteiger partial charge in [0.05, 0.1) is 14.2 Å². The van der Waals surface area contributed by atoms with Crippen molar-refractivity contribution in [3.05, 3.63) is 29.5 Å². The molecule has 1 aromatic carbocycles. The van der Waals surface area contributed by atoms with E-state index in [9.17, 15) is 4.79 Å². The van der Waals surface area contributed by atoms with E-state index in [-0.39, 0.29) is 18.4 Å². The smallest absolute Gasteiger partial charge is 0.303 e. The van der Waals surface area contributed by atoms with Gasteiger partial charge < -0.3 is 19.9 Å². The Balaban J connectivity index is 3.17. The number of methoxy groups -OCH3 is 2. The number of allylic oxidation sites excluding steroid dienone is 1. The number of ether oxygens (including phenoxy) is 2. The van der Waals surface area contributed by atoms with Crippen LogP contribution in [0.2, 0.25) is 0 Å². The zero-order chi connectivity index (χ0) is 16.5. The van der Waals surface area contributed by atoms with Gasteiger partial charge in [0, 0.05) is 29.9 Å². The summed E-state index contributed by atoms with van der Waals surface area (Å²) < 4.78 is 10.5. The number of benzene rings is 1. The number of carbonyl (C=O) groups is 1. The van der Waals surface area contributed by atoms with Crippen LogP contribution in [0.1, 0.15) is 12.0 Å². The van der Waals surface area contributed by atoms with Gasteiger partial charge in [-0.2, -0.15) is 10.5 Å². The lowest BCUT2D eigenvalue weighted by Gasteiger charge is -2.14. The molecule has 0 aliphatic carbocycles. The number of nitrogens with zero attached hydrogens (tertiary/aromatic N) is 2. The lowest BCUT2D eigenvalue weighted by atomic mass is 10.1. The highest BCUT2D eigenvalue weighted by molar-refractivity contribution is 5.68. The topological polar surface area (TPSA) is 115 Å². The van der Waals surface area contributed by atoms with Gasteiger partial charge in [-0.1, -0.05) is 0 Å². The number of aliphatic carboxylic acids is 1. The van der Waals surface area contributed by atoms with Crippen LogP contribution in [0.4, 0.5) is 5.69 Å². The summed E-state index contributed by atoms with van der Waals surface area (Å²) in [6.07, 6.45) is 1.47. The van der Waals surface area contributed by atoms with Gasteiger partial charge in [-0.05, 0) is 12.5 Å². The normalized spacial score (nSPS) is 9.09. The molecule has 1 aromatic rings. The highest BCUT2D eigenvalue weighted by atomic mass is 16.5. The Labute approximate surface area is 128 Å². The van der Waals surface area contributed by atoms with Crippen molar-refractivity contribution in [3.63, 3.8) is 0 Å². The van der Waals surface area contributed by atoms with Crippen LogP contribution in [0.3, 0.4) is 0 Å². The predicted molar refractivity (Wildman–Crippen MR) is 78.4 cm³/mol.